The van der Waals surface area contributed by atoms with E-state index in [1.54, 1.807) is 6.07 Å². The number of hydrogen-bond donors (Lipinski definition) is 4. The third-order valence-corrected chi connectivity index (χ3v) is 4.89. The van der Waals surface area contributed by atoms with Crippen molar-refractivity contribution in [3.05, 3.63) is 23.3 Å². The summed E-state index contributed by atoms with van der Waals surface area (Å²) in [6.45, 7) is 1.17. The van der Waals surface area contributed by atoms with Crippen molar-refractivity contribution >= 4 is 11.9 Å². The molecule has 0 aromatic heterocycles. The molecule has 0 bridgehead atoms. The molecule has 1 amide bonds. The van der Waals surface area contributed by atoms with Crippen molar-refractivity contribution in [1.82, 2.24) is 5.32 Å². The molecule has 1 saturated carbocycles. The van der Waals surface area contributed by atoms with Crippen LogP contribution in [0.4, 0.5) is 0 Å². The molecule has 0 unspecified atom stereocenters. The second kappa shape index (κ2) is 5.58. The molecule has 1 aromatic rings. The minimum absolute atomic E-state index is 0.0217. The van der Waals surface area contributed by atoms with E-state index in [2.05, 4.69) is 5.32 Å². The van der Waals surface area contributed by atoms with Crippen LogP contribution in [-0.2, 0) is 9.53 Å². The quantitative estimate of drug-likeness (QED) is 0.456. The summed E-state index contributed by atoms with van der Waals surface area (Å²) in [5.74, 6) is -1.11. The van der Waals surface area contributed by atoms with Crippen molar-refractivity contribution in [2.75, 3.05) is 6.79 Å². The van der Waals surface area contributed by atoms with Crippen molar-refractivity contribution in [2.24, 2.45) is 0 Å². The second-order valence-electron chi connectivity index (χ2n) is 6.36. The SMILES string of the molecule is CC(=O)O[C@@H]1[C@@H](O)[C@@H](O)[C@@H]2NC(=O)c3cc4c(cc3[C@H]2[C@H]1O)OCO4. The number of aliphatic hydroxyl groups is 3. The zero-order chi connectivity index (χ0) is 17.9. The average molecular weight is 351 g/mol. The molecule has 9 heteroatoms. The molecule has 1 aliphatic carbocycles. The monoisotopic (exact) mass is 351 g/mol. The fourth-order valence-corrected chi connectivity index (χ4v) is 3.78. The maximum Gasteiger partial charge on any atom is 0.303 e. The topological polar surface area (TPSA) is 135 Å². The van der Waals surface area contributed by atoms with E-state index in [0.29, 0.717) is 17.1 Å². The van der Waals surface area contributed by atoms with E-state index in [-0.39, 0.29) is 12.4 Å². The standard InChI is InChI=1S/C16H17NO8/c1-5(18)25-15-12(19)10-6-2-8-9(24-4-23-8)3-7(6)16(22)17-11(10)13(20)14(15)21/h2-3,10-15,19-21H,4H2,1H3,(H,17,22)/t10-,11-,12-,13+,14+,15+/m1/s1. The summed E-state index contributed by atoms with van der Waals surface area (Å²) in [6.07, 6.45) is -5.59. The number of aliphatic hydroxyl groups excluding tert-OH is 3. The number of ether oxygens (including phenoxy) is 3. The van der Waals surface area contributed by atoms with Crippen molar-refractivity contribution in [1.29, 1.82) is 0 Å². The normalized spacial score (nSPS) is 35.4. The summed E-state index contributed by atoms with van der Waals surface area (Å²) in [7, 11) is 0. The Morgan fingerprint density at radius 2 is 1.84 bits per heavy atom. The van der Waals surface area contributed by atoms with Crippen LogP contribution in [0.5, 0.6) is 11.5 Å². The van der Waals surface area contributed by atoms with Gasteiger partial charge in [-0.15, -0.1) is 0 Å². The Morgan fingerprint density at radius 1 is 1.16 bits per heavy atom. The van der Waals surface area contributed by atoms with Gasteiger partial charge in [-0.1, -0.05) is 0 Å². The van der Waals surface area contributed by atoms with Crippen LogP contribution >= 0.6 is 0 Å². The maximum absolute atomic E-state index is 12.4. The van der Waals surface area contributed by atoms with Crippen LogP contribution < -0.4 is 14.8 Å². The fraction of sp³-hybridized carbons (Fsp3) is 0.500. The Kier molecular flexibility index (Phi) is 3.60. The number of hydrogen-bond acceptors (Lipinski definition) is 8. The molecule has 1 fully saturated rings. The molecule has 2 heterocycles. The van der Waals surface area contributed by atoms with Gasteiger partial charge < -0.3 is 34.8 Å². The number of amides is 1. The predicted molar refractivity (Wildman–Crippen MR) is 80.1 cm³/mol. The molecule has 2 aliphatic heterocycles. The number of fused-ring (bicyclic) bond motifs is 4. The molecule has 0 radical (unpaired) electrons. The molecule has 4 rings (SSSR count). The smallest absolute Gasteiger partial charge is 0.303 e. The van der Waals surface area contributed by atoms with Crippen LogP contribution in [0.2, 0.25) is 0 Å². The maximum atomic E-state index is 12.4. The molecular weight excluding hydrogens is 334 g/mol. The van der Waals surface area contributed by atoms with E-state index < -0.39 is 48.3 Å². The highest BCUT2D eigenvalue weighted by atomic mass is 16.7. The summed E-state index contributed by atoms with van der Waals surface area (Å²) in [5, 5.41) is 33.9. The van der Waals surface area contributed by atoms with Crippen LogP contribution in [0.15, 0.2) is 12.1 Å². The summed E-state index contributed by atoms with van der Waals surface area (Å²) >= 11 is 0. The molecular formula is C16H17NO8. The van der Waals surface area contributed by atoms with Crippen molar-refractivity contribution < 1.29 is 39.1 Å². The average Bonchev–Trinajstić information content (AvgIpc) is 3.02. The summed E-state index contributed by atoms with van der Waals surface area (Å²) in [5.41, 5.74) is 0.711. The van der Waals surface area contributed by atoms with Crippen LogP contribution in [0.1, 0.15) is 28.8 Å². The summed E-state index contributed by atoms with van der Waals surface area (Å²) < 4.78 is 15.6. The molecule has 134 valence electrons. The molecule has 6 atom stereocenters. The largest absolute Gasteiger partial charge is 0.457 e. The minimum Gasteiger partial charge on any atom is -0.457 e. The second-order valence-corrected chi connectivity index (χ2v) is 6.36. The number of carbonyl (C=O) groups is 2. The van der Waals surface area contributed by atoms with Gasteiger partial charge in [0.1, 0.15) is 18.3 Å². The molecule has 9 nitrogen and oxygen atoms in total. The van der Waals surface area contributed by atoms with Gasteiger partial charge in [0.15, 0.2) is 17.6 Å². The first-order chi connectivity index (χ1) is 11.9. The van der Waals surface area contributed by atoms with Crippen molar-refractivity contribution in [2.45, 2.75) is 43.3 Å². The molecule has 25 heavy (non-hydrogen) atoms. The first-order valence-electron chi connectivity index (χ1n) is 7.84. The van der Waals surface area contributed by atoms with Gasteiger partial charge in [-0.3, -0.25) is 9.59 Å². The Morgan fingerprint density at radius 3 is 2.52 bits per heavy atom. The van der Waals surface area contributed by atoms with Crippen molar-refractivity contribution in [3.63, 3.8) is 0 Å². The summed E-state index contributed by atoms with van der Waals surface area (Å²) in [4.78, 5) is 23.7. The van der Waals surface area contributed by atoms with Crippen LogP contribution in [0.3, 0.4) is 0 Å². The van der Waals surface area contributed by atoms with Gasteiger partial charge in [-0.25, -0.2) is 0 Å². The lowest BCUT2D eigenvalue weighted by molar-refractivity contribution is -0.188. The lowest BCUT2D eigenvalue weighted by Crippen LogP contribution is -2.67. The third kappa shape index (κ3) is 2.35. The number of carbonyl (C=O) groups excluding carboxylic acids is 2. The number of esters is 1. The Labute approximate surface area is 142 Å². The Balaban J connectivity index is 1.80. The minimum atomic E-state index is -1.53. The lowest BCUT2D eigenvalue weighted by Gasteiger charge is -2.48. The van der Waals surface area contributed by atoms with Gasteiger partial charge in [0.25, 0.3) is 5.91 Å². The van der Waals surface area contributed by atoms with E-state index in [0.717, 1.165) is 6.92 Å². The van der Waals surface area contributed by atoms with E-state index in [1.165, 1.54) is 6.07 Å². The van der Waals surface area contributed by atoms with Gasteiger partial charge in [-0.2, -0.15) is 0 Å². The van der Waals surface area contributed by atoms with E-state index in [1.807, 2.05) is 0 Å². The predicted octanol–water partition coefficient (Wildman–Crippen LogP) is -1.36. The first-order valence-corrected chi connectivity index (χ1v) is 7.84. The van der Waals surface area contributed by atoms with Crippen LogP contribution in [-0.4, -0.2) is 64.4 Å². The molecule has 4 N–H and O–H groups in total. The van der Waals surface area contributed by atoms with Crippen molar-refractivity contribution in [3.8, 4) is 11.5 Å². The molecule has 0 spiro atoms. The number of benzene rings is 1. The van der Waals surface area contributed by atoms with Gasteiger partial charge in [-0.05, 0) is 17.7 Å². The highest BCUT2D eigenvalue weighted by Crippen LogP contribution is 2.44. The van der Waals surface area contributed by atoms with Gasteiger partial charge in [0, 0.05) is 18.4 Å². The van der Waals surface area contributed by atoms with E-state index in [9.17, 15) is 24.9 Å². The van der Waals surface area contributed by atoms with Gasteiger partial charge >= 0.3 is 5.97 Å². The lowest BCUT2D eigenvalue weighted by atomic mass is 9.70. The molecule has 1 aromatic carbocycles. The summed E-state index contributed by atoms with van der Waals surface area (Å²) in [6, 6.07) is 2.15. The number of nitrogens with one attached hydrogen (secondary N) is 1. The highest BCUT2D eigenvalue weighted by molar-refractivity contribution is 5.98. The molecule has 3 aliphatic rings. The third-order valence-electron chi connectivity index (χ3n) is 4.89. The van der Waals surface area contributed by atoms with Crippen LogP contribution in [0, 0.1) is 0 Å². The highest BCUT2D eigenvalue weighted by Gasteiger charge is 2.54. The first kappa shape index (κ1) is 16.1. The zero-order valence-electron chi connectivity index (χ0n) is 13.2. The van der Waals surface area contributed by atoms with Gasteiger partial charge in [0.2, 0.25) is 6.79 Å². The molecule has 0 saturated heterocycles. The van der Waals surface area contributed by atoms with E-state index >= 15 is 0 Å². The zero-order valence-corrected chi connectivity index (χ0v) is 13.2. The Hall–Kier alpha value is -2.36. The van der Waals surface area contributed by atoms with E-state index in [4.69, 9.17) is 14.2 Å². The fourth-order valence-electron chi connectivity index (χ4n) is 3.78. The number of rotatable bonds is 1. The van der Waals surface area contributed by atoms with Crippen LogP contribution in [0.25, 0.3) is 0 Å². The van der Waals surface area contributed by atoms with Gasteiger partial charge in [0.05, 0.1) is 6.04 Å². The Bertz CT molecular complexity index is 750.